The molecule has 0 radical (unpaired) electrons. The molecule has 0 atom stereocenters. The highest BCUT2D eigenvalue weighted by Crippen LogP contribution is 2.30. The molecule has 0 spiro atoms. The van der Waals surface area contributed by atoms with Gasteiger partial charge in [0.2, 0.25) is 5.95 Å². The number of aromatic nitrogens is 3. The second-order valence-electron chi connectivity index (χ2n) is 4.45. The van der Waals surface area contributed by atoms with E-state index in [-0.39, 0.29) is 16.9 Å². The van der Waals surface area contributed by atoms with Gasteiger partial charge in [-0.15, -0.1) is 0 Å². The number of carbonyl (C=O) groups excluding carboxylic acids is 1. The SMILES string of the molecule is O=C(c1cn(-c2ncccn2)c2ccc(F)cc12)C(F)(F)F. The Morgan fingerprint density at radius 2 is 1.82 bits per heavy atom. The van der Waals surface area contributed by atoms with Gasteiger partial charge in [0, 0.05) is 24.0 Å². The summed E-state index contributed by atoms with van der Waals surface area (Å²) in [6, 6.07) is 4.78. The maximum Gasteiger partial charge on any atom is 0.454 e. The van der Waals surface area contributed by atoms with Gasteiger partial charge < -0.3 is 0 Å². The maximum atomic E-state index is 13.4. The molecule has 0 fully saturated rings. The highest BCUT2D eigenvalue weighted by molar-refractivity contribution is 6.10. The first kappa shape index (κ1) is 14.2. The fraction of sp³-hybridized carbons (Fsp3) is 0.0714. The predicted octanol–water partition coefficient (Wildman–Crippen LogP) is 3.30. The summed E-state index contributed by atoms with van der Waals surface area (Å²) in [7, 11) is 0. The number of hydrogen-bond donors (Lipinski definition) is 0. The van der Waals surface area contributed by atoms with Gasteiger partial charge in [-0.1, -0.05) is 0 Å². The zero-order chi connectivity index (χ0) is 15.9. The number of hydrogen-bond acceptors (Lipinski definition) is 3. The van der Waals surface area contributed by atoms with Crippen LogP contribution in [0.25, 0.3) is 16.9 Å². The first-order chi connectivity index (χ1) is 10.4. The van der Waals surface area contributed by atoms with Crippen molar-refractivity contribution in [2.45, 2.75) is 6.18 Å². The van der Waals surface area contributed by atoms with Crippen molar-refractivity contribution in [2.24, 2.45) is 0 Å². The molecule has 0 aliphatic rings. The lowest BCUT2D eigenvalue weighted by atomic mass is 10.1. The van der Waals surface area contributed by atoms with Crippen molar-refractivity contribution in [3.05, 3.63) is 54.2 Å². The number of ketones is 1. The van der Waals surface area contributed by atoms with Crippen LogP contribution in [-0.4, -0.2) is 26.5 Å². The highest BCUT2D eigenvalue weighted by atomic mass is 19.4. The van der Waals surface area contributed by atoms with Crippen molar-refractivity contribution >= 4 is 16.7 Å². The molecule has 0 N–H and O–H groups in total. The lowest BCUT2D eigenvalue weighted by Gasteiger charge is -2.03. The van der Waals surface area contributed by atoms with E-state index in [2.05, 4.69) is 9.97 Å². The van der Waals surface area contributed by atoms with Crippen molar-refractivity contribution in [3.63, 3.8) is 0 Å². The number of halogens is 4. The summed E-state index contributed by atoms with van der Waals surface area (Å²) in [5.41, 5.74) is -0.436. The van der Waals surface area contributed by atoms with Gasteiger partial charge in [-0.05, 0) is 24.3 Å². The van der Waals surface area contributed by atoms with Crippen molar-refractivity contribution in [3.8, 4) is 5.95 Å². The topological polar surface area (TPSA) is 47.8 Å². The predicted molar refractivity (Wildman–Crippen MR) is 69.2 cm³/mol. The van der Waals surface area contributed by atoms with Crippen LogP contribution >= 0.6 is 0 Å². The molecule has 8 heteroatoms. The second-order valence-corrected chi connectivity index (χ2v) is 4.45. The van der Waals surface area contributed by atoms with Gasteiger partial charge in [-0.25, -0.2) is 14.4 Å². The first-order valence-electron chi connectivity index (χ1n) is 6.07. The van der Waals surface area contributed by atoms with Gasteiger partial charge in [0.15, 0.2) is 0 Å². The van der Waals surface area contributed by atoms with E-state index in [1.807, 2.05) is 0 Å². The van der Waals surface area contributed by atoms with Gasteiger partial charge in [-0.3, -0.25) is 9.36 Å². The molecular weight excluding hydrogens is 302 g/mol. The minimum Gasteiger partial charge on any atom is -0.285 e. The molecular formula is C14H7F4N3O. The molecule has 0 aliphatic heterocycles. The Hall–Kier alpha value is -2.77. The van der Waals surface area contributed by atoms with Gasteiger partial charge in [0.05, 0.1) is 11.1 Å². The number of alkyl halides is 3. The Balaban J connectivity index is 2.30. The maximum absolute atomic E-state index is 13.4. The van der Waals surface area contributed by atoms with Crippen molar-refractivity contribution < 1.29 is 22.4 Å². The Morgan fingerprint density at radius 1 is 1.14 bits per heavy atom. The molecule has 2 heterocycles. The summed E-state index contributed by atoms with van der Waals surface area (Å²) in [6.45, 7) is 0. The smallest absolute Gasteiger partial charge is 0.285 e. The number of rotatable bonds is 2. The van der Waals surface area contributed by atoms with Crippen LogP contribution in [0, 0.1) is 5.82 Å². The van der Waals surface area contributed by atoms with Crippen LogP contribution in [0.5, 0.6) is 0 Å². The third kappa shape index (κ3) is 2.32. The molecule has 1 aromatic carbocycles. The highest BCUT2D eigenvalue weighted by Gasteiger charge is 2.41. The summed E-state index contributed by atoms with van der Waals surface area (Å²) in [5, 5.41) is -0.144. The Bertz CT molecular complexity index is 856. The summed E-state index contributed by atoms with van der Waals surface area (Å²) in [4.78, 5) is 19.4. The zero-order valence-electron chi connectivity index (χ0n) is 10.8. The average Bonchev–Trinajstić information content (AvgIpc) is 2.85. The van der Waals surface area contributed by atoms with Crippen molar-refractivity contribution in [2.75, 3.05) is 0 Å². The Morgan fingerprint density at radius 3 is 2.45 bits per heavy atom. The van der Waals surface area contributed by atoms with E-state index in [0.29, 0.717) is 0 Å². The molecule has 0 bridgehead atoms. The third-order valence-electron chi connectivity index (χ3n) is 3.04. The van der Waals surface area contributed by atoms with E-state index in [9.17, 15) is 22.4 Å². The minimum absolute atomic E-state index is 0.0836. The van der Waals surface area contributed by atoms with Crippen LogP contribution in [-0.2, 0) is 0 Å². The van der Waals surface area contributed by atoms with E-state index < -0.39 is 23.3 Å². The second kappa shape index (κ2) is 4.90. The summed E-state index contributed by atoms with van der Waals surface area (Å²) in [5.74, 6) is -2.70. The fourth-order valence-corrected chi connectivity index (χ4v) is 2.12. The van der Waals surface area contributed by atoms with Crippen LogP contribution < -0.4 is 0 Å². The molecule has 4 nitrogen and oxygen atoms in total. The van der Waals surface area contributed by atoms with Gasteiger partial charge in [0.25, 0.3) is 5.78 Å². The molecule has 3 rings (SSSR count). The molecule has 3 aromatic rings. The van der Waals surface area contributed by atoms with Gasteiger partial charge in [0.1, 0.15) is 5.82 Å². The first-order valence-corrected chi connectivity index (χ1v) is 6.07. The normalized spacial score (nSPS) is 11.8. The van der Waals surface area contributed by atoms with Gasteiger partial charge >= 0.3 is 6.18 Å². The van der Waals surface area contributed by atoms with Crippen LogP contribution in [0.2, 0.25) is 0 Å². The summed E-state index contributed by atoms with van der Waals surface area (Å²) in [6.07, 6.45) is -1.27. The van der Waals surface area contributed by atoms with Crippen LogP contribution in [0.15, 0.2) is 42.9 Å². The number of Topliss-reactive ketones (excluding diaryl/α,β-unsaturated/α-hetero) is 1. The van der Waals surface area contributed by atoms with E-state index in [4.69, 9.17) is 0 Å². The molecule has 112 valence electrons. The lowest BCUT2D eigenvalue weighted by Crippen LogP contribution is -2.22. The Labute approximate surface area is 121 Å². The van der Waals surface area contributed by atoms with Crippen LogP contribution in [0.4, 0.5) is 17.6 Å². The fourth-order valence-electron chi connectivity index (χ4n) is 2.12. The van der Waals surface area contributed by atoms with Crippen LogP contribution in [0.1, 0.15) is 10.4 Å². The summed E-state index contributed by atoms with van der Waals surface area (Å²) < 4.78 is 52.6. The monoisotopic (exact) mass is 309 g/mol. The number of benzene rings is 1. The Kier molecular flexibility index (Phi) is 3.16. The molecule has 0 saturated carbocycles. The quantitative estimate of drug-likeness (QED) is 0.539. The van der Waals surface area contributed by atoms with E-state index in [0.717, 1.165) is 18.3 Å². The van der Waals surface area contributed by atoms with Crippen LogP contribution in [0.3, 0.4) is 0 Å². The number of fused-ring (bicyclic) bond motifs is 1. The molecule has 22 heavy (non-hydrogen) atoms. The number of nitrogens with zero attached hydrogens (tertiary/aromatic N) is 3. The third-order valence-corrected chi connectivity index (χ3v) is 3.04. The minimum atomic E-state index is -5.05. The van der Waals surface area contributed by atoms with Gasteiger partial charge in [-0.2, -0.15) is 13.2 Å². The molecule has 2 aromatic heterocycles. The number of carbonyl (C=O) groups is 1. The van der Waals surface area contributed by atoms with E-state index in [1.165, 1.54) is 29.1 Å². The largest absolute Gasteiger partial charge is 0.454 e. The molecule has 0 unspecified atom stereocenters. The molecule has 0 amide bonds. The molecule has 0 saturated heterocycles. The van der Waals surface area contributed by atoms with E-state index >= 15 is 0 Å². The molecule has 0 aliphatic carbocycles. The summed E-state index contributed by atoms with van der Waals surface area (Å²) >= 11 is 0. The average molecular weight is 309 g/mol. The zero-order valence-corrected chi connectivity index (χ0v) is 10.8. The van der Waals surface area contributed by atoms with E-state index in [1.54, 1.807) is 0 Å². The van der Waals surface area contributed by atoms with Crippen molar-refractivity contribution in [1.82, 2.24) is 14.5 Å². The van der Waals surface area contributed by atoms with Crippen molar-refractivity contribution in [1.29, 1.82) is 0 Å². The lowest BCUT2D eigenvalue weighted by molar-refractivity contribution is -0.0884. The standard InChI is InChI=1S/C14H7F4N3O/c15-8-2-3-11-9(6-8)10(12(22)14(16,17)18)7-21(11)13-19-4-1-5-20-13/h1-7H.